The van der Waals surface area contributed by atoms with Crippen LogP contribution in [0.2, 0.25) is 0 Å². The summed E-state index contributed by atoms with van der Waals surface area (Å²) in [6, 6.07) is 11.7. The van der Waals surface area contributed by atoms with E-state index in [1.54, 1.807) is 36.4 Å². The zero-order chi connectivity index (χ0) is 22.7. The molecule has 0 amide bonds. The highest BCUT2D eigenvalue weighted by molar-refractivity contribution is 7.08. The van der Waals surface area contributed by atoms with Gasteiger partial charge in [0.1, 0.15) is 11.0 Å². The van der Waals surface area contributed by atoms with Crippen molar-refractivity contribution in [2.45, 2.75) is 6.42 Å². The van der Waals surface area contributed by atoms with Crippen LogP contribution in [0.4, 0.5) is 0 Å². The molecule has 4 aromatic rings. The highest BCUT2D eigenvalue weighted by atomic mass is 32.1. The van der Waals surface area contributed by atoms with Crippen molar-refractivity contribution in [3.8, 4) is 11.5 Å². The molecular weight excluding hydrogens is 448 g/mol. The standard InChI is InChI=1S/C23H18N2O5S2/c1-29-19-6-4-15(11-20(19)30-2)22(26)16(9-13-7-8-31-12-13)21(23(27)28)14-3-5-17-18(10-14)25-32-24-17/h3-8,10-12H,9H2,1-2H3,(H,27,28). The molecule has 0 aliphatic heterocycles. The molecule has 0 radical (unpaired) electrons. The number of thiophene rings is 1. The lowest BCUT2D eigenvalue weighted by atomic mass is 9.90. The van der Waals surface area contributed by atoms with Crippen molar-refractivity contribution < 1.29 is 24.2 Å². The second-order valence-electron chi connectivity index (χ2n) is 6.83. The molecule has 9 heteroatoms. The average Bonchev–Trinajstić information content (AvgIpc) is 3.49. The van der Waals surface area contributed by atoms with Gasteiger partial charge in [0.25, 0.3) is 0 Å². The average molecular weight is 467 g/mol. The molecule has 0 saturated carbocycles. The summed E-state index contributed by atoms with van der Waals surface area (Å²) >= 11 is 2.53. The van der Waals surface area contributed by atoms with Crippen molar-refractivity contribution in [2.24, 2.45) is 0 Å². The van der Waals surface area contributed by atoms with Gasteiger partial charge in [-0.05, 0) is 58.3 Å². The molecular formula is C23H18N2O5S2. The first-order valence-electron chi connectivity index (χ1n) is 9.48. The molecule has 2 aromatic carbocycles. The predicted molar refractivity (Wildman–Crippen MR) is 124 cm³/mol. The summed E-state index contributed by atoms with van der Waals surface area (Å²) in [5.74, 6) is -0.718. The Kier molecular flexibility index (Phi) is 6.29. The molecule has 4 rings (SSSR count). The topological polar surface area (TPSA) is 98.6 Å². The molecule has 0 saturated heterocycles. The monoisotopic (exact) mass is 466 g/mol. The molecule has 1 N–H and O–H groups in total. The zero-order valence-electron chi connectivity index (χ0n) is 17.2. The zero-order valence-corrected chi connectivity index (χ0v) is 18.8. The molecule has 2 heterocycles. The van der Waals surface area contributed by atoms with Gasteiger partial charge in [-0.1, -0.05) is 6.07 Å². The van der Waals surface area contributed by atoms with E-state index in [0.717, 1.165) is 17.3 Å². The predicted octanol–water partition coefficient (Wildman–Crippen LogP) is 4.73. The lowest BCUT2D eigenvalue weighted by Gasteiger charge is -2.14. The number of fused-ring (bicyclic) bond motifs is 1. The number of hydrogen-bond acceptors (Lipinski definition) is 8. The highest BCUT2D eigenvalue weighted by Gasteiger charge is 2.25. The third kappa shape index (κ3) is 4.25. The van der Waals surface area contributed by atoms with Crippen LogP contribution in [0.5, 0.6) is 11.5 Å². The number of ether oxygens (including phenoxy) is 2. The Balaban J connectivity index is 1.90. The Morgan fingerprint density at radius 2 is 1.69 bits per heavy atom. The smallest absolute Gasteiger partial charge is 0.336 e. The molecule has 32 heavy (non-hydrogen) atoms. The summed E-state index contributed by atoms with van der Waals surface area (Å²) in [5.41, 5.74) is 2.93. The maximum atomic E-state index is 13.6. The van der Waals surface area contributed by atoms with Crippen molar-refractivity contribution in [1.82, 2.24) is 8.75 Å². The number of nitrogens with zero attached hydrogens (tertiary/aromatic N) is 2. The maximum absolute atomic E-state index is 13.6. The molecule has 0 spiro atoms. The van der Waals surface area contributed by atoms with E-state index in [0.29, 0.717) is 33.7 Å². The maximum Gasteiger partial charge on any atom is 0.336 e. The number of aliphatic carboxylic acids is 1. The van der Waals surface area contributed by atoms with Gasteiger partial charge in [0.05, 0.1) is 31.5 Å². The minimum atomic E-state index is -1.19. The fourth-order valence-electron chi connectivity index (χ4n) is 3.40. The lowest BCUT2D eigenvalue weighted by molar-refractivity contribution is -0.130. The molecule has 0 unspecified atom stereocenters. The van der Waals surface area contributed by atoms with Crippen LogP contribution in [-0.4, -0.2) is 39.8 Å². The van der Waals surface area contributed by atoms with E-state index >= 15 is 0 Å². The molecule has 0 bridgehead atoms. The van der Waals surface area contributed by atoms with Crippen LogP contribution >= 0.6 is 23.1 Å². The number of allylic oxidation sites excluding steroid dienone is 1. The summed E-state index contributed by atoms with van der Waals surface area (Å²) in [5, 5.41) is 13.9. The molecule has 0 aliphatic carbocycles. The van der Waals surface area contributed by atoms with Crippen molar-refractivity contribution in [3.05, 3.63) is 75.5 Å². The Labute approximate surface area is 191 Å². The van der Waals surface area contributed by atoms with Gasteiger partial charge in [0.15, 0.2) is 17.3 Å². The number of carbonyl (C=O) groups is 2. The fourth-order valence-corrected chi connectivity index (χ4v) is 4.58. The second kappa shape index (κ2) is 9.29. The van der Waals surface area contributed by atoms with E-state index in [1.807, 2.05) is 16.8 Å². The van der Waals surface area contributed by atoms with E-state index in [9.17, 15) is 14.7 Å². The third-order valence-corrected chi connectivity index (χ3v) is 6.23. The molecule has 162 valence electrons. The van der Waals surface area contributed by atoms with Crippen molar-refractivity contribution in [2.75, 3.05) is 14.2 Å². The largest absolute Gasteiger partial charge is 0.493 e. The molecule has 0 atom stereocenters. The van der Waals surface area contributed by atoms with E-state index in [4.69, 9.17) is 9.47 Å². The number of ketones is 1. The Morgan fingerprint density at radius 3 is 2.38 bits per heavy atom. The van der Waals surface area contributed by atoms with Crippen LogP contribution in [0.3, 0.4) is 0 Å². The van der Waals surface area contributed by atoms with Crippen molar-refractivity contribution in [3.63, 3.8) is 0 Å². The number of hydrogen-bond donors (Lipinski definition) is 1. The molecule has 2 aromatic heterocycles. The van der Waals surface area contributed by atoms with Gasteiger partial charge in [-0.25, -0.2) is 4.79 Å². The van der Waals surface area contributed by atoms with Gasteiger partial charge in [-0.2, -0.15) is 20.1 Å². The van der Waals surface area contributed by atoms with E-state index in [1.165, 1.54) is 25.6 Å². The summed E-state index contributed by atoms with van der Waals surface area (Å²) in [6.45, 7) is 0. The van der Waals surface area contributed by atoms with Gasteiger partial charge in [-0.15, -0.1) is 0 Å². The molecule has 0 aliphatic rings. The summed E-state index contributed by atoms with van der Waals surface area (Å²) in [7, 11) is 2.99. The second-order valence-corrected chi connectivity index (χ2v) is 8.14. The minimum absolute atomic E-state index is 0.0640. The number of carboxylic acid groups (broad SMARTS) is 1. The van der Waals surface area contributed by atoms with Crippen molar-refractivity contribution >= 4 is 51.4 Å². The first-order valence-corrected chi connectivity index (χ1v) is 11.2. The van der Waals surface area contributed by atoms with Crippen LogP contribution in [-0.2, 0) is 11.2 Å². The normalized spacial score (nSPS) is 11.8. The molecule has 0 fully saturated rings. The highest BCUT2D eigenvalue weighted by Crippen LogP contribution is 2.32. The summed E-state index contributed by atoms with van der Waals surface area (Å²) < 4.78 is 18.9. The quantitative estimate of drug-likeness (QED) is 0.296. The number of methoxy groups -OCH3 is 2. The summed E-state index contributed by atoms with van der Waals surface area (Å²) in [6.07, 6.45) is 0.172. The number of aromatic nitrogens is 2. The Hall–Kier alpha value is -3.56. The van der Waals surface area contributed by atoms with Gasteiger partial charge < -0.3 is 14.6 Å². The number of rotatable bonds is 8. The van der Waals surface area contributed by atoms with Crippen LogP contribution < -0.4 is 9.47 Å². The number of carbonyl (C=O) groups excluding carboxylic acids is 1. The fraction of sp³-hybridized carbons (Fsp3) is 0.130. The first kappa shape index (κ1) is 21.7. The SMILES string of the molecule is COc1ccc(C(=O)C(Cc2ccsc2)=C(C(=O)O)c2ccc3nsnc3c2)cc1OC. The van der Waals surface area contributed by atoms with Crippen LogP contribution in [0.25, 0.3) is 16.6 Å². The summed E-state index contributed by atoms with van der Waals surface area (Å²) in [4.78, 5) is 26.0. The van der Waals surface area contributed by atoms with Crippen LogP contribution in [0, 0.1) is 0 Å². The third-order valence-electron chi connectivity index (χ3n) is 4.94. The van der Waals surface area contributed by atoms with E-state index in [-0.39, 0.29) is 17.6 Å². The van der Waals surface area contributed by atoms with Crippen molar-refractivity contribution in [1.29, 1.82) is 0 Å². The Bertz CT molecular complexity index is 1330. The molecule has 7 nitrogen and oxygen atoms in total. The number of Topliss-reactive ketones (excluding diaryl/α,β-unsaturated/α-hetero) is 1. The van der Waals surface area contributed by atoms with Gasteiger partial charge >= 0.3 is 5.97 Å². The lowest BCUT2D eigenvalue weighted by Crippen LogP contribution is -2.14. The van der Waals surface area contributed by atoms with E-state index < -0.39 is 11.8 Å². The van der Waals surface area contributed by atoms with E-state index in [2.05, 4.69) is 8.75 Å². The number of benzene rings is 2. The van der Waals surface area contributed by atoms with Crippen LogP contribution in [0.15, 0.2) is 58.8 Å². The minimum Gasteiger partial charge on any atom is -0.493 e. The number of carboxylic acids is 1. The Morgan fingerprint density at radius 1 is 0.938 bits per heavy atom. The van der Waals surface area contributed by atoms with Gasteiger partial charge in [-0.3, -0.25) is 4.79 Å². The van der Waals surface area contributed by atoms with Crippen LogP contribution in [0.1, 0.15) is 21.5 Å². The van der Waals surface area contributed by atoms with Gasteiger partial charge in [0.2, 0.25) is 0 Å². The first-order chi connectivity index (χ1) is 15.5. The van der Waals surface area contributed by atoms with Gasteiger partial charge in [0, 0.05) is 17.6 Å².